The van der Waals surface area contributed by atoms with Gasteiger partial charge in [0.05, 0.1) is 23.2 Å². The number of aliphatic hydroxyl groups excluding tert-OH is 1. The topological polar surface area (TPSA) is 44.5 Å². The van der Waals surface area contributed by atoms with E-state index in [1.54, 1.807) is 0 Å². The van der Waals surface area contributed by atoms with Gasteiger partial charge < -0.3 is 5.11 Å². The van der Waals surface area contributed by atoms with E-state index in [0.717, 1.165) is 62.0 Å². The fraction of sp³-hybridized carbons (Fsp3) is 0.444. The van der Waals surface area contributed by atoms with E-state index >= 15 is 0 Å². The van der Waals surface area contributed by atoms with Gasteiger partial charge in [-0.05, 0) is 55.5 Å². The van der Waals surface area contributed by atoms with Gasteiger partial charge in [-0.15, -0.1) is 0 Å². The van der Waals surface area contributed by atoms with E-state index in [2.05, 4.69) is 38.7 Å². The summed E-state index contributed by atoms with van der Waals surface area (Å²) in [6, 6.07) is 17.2. The van der Waals surface area contributed by atoms with Crippen molar-refractivity contribution in [2.75, 3.05) is 19.6 Å². The molecular weight excluding hydrogens is 415 g/mol. The molecule has 5 rings (SSSR count). The number of rotatable bonds is 9. The van der Waals surface area contributed by atoms with E-state index < -0.39 is 0 Å². The van der Waals surface area contributed by atoms with Crippen LogP contribution in [0.5, 0.6) is 0 Å². The van der Waals surface area contributed by atoms with Gasteiger partial charge in [-0.3, -0.25) is 9.80 Å². The quantitative estimate of drug-likeness (QED) is 0.534. The third-order valence-electron chi connectivity index (χ3n) is 6.65. The summed E-state index contributed by atoms with van der Waals surface area (Å²) in [6.45, 7) is 6.90. The molecule has 2 aromatic carbocycles. The summed E-state index contributed by atoms with van der Waals surface area (Å²) in [5.74, 6) is 0.561. The minimum atomic E-state index is -0.356. The molecule has 1 aliphatic heterocycles. The van der Waals surface area contributed by atoms with Crippen molar-refractivity contribution in [2.24, 2.45) is 5.92 Å². The third-order valence-corrected chi connectivity index (χ3v) is 6.65. The summed E-state index contributed by atoms with van der Waals surface area (Å²) < 4.78 is 15.5. The molecule has 1 atom stereocenters. The SMILES string of the molecule is CC(O)CN(Cc1nn(-c2ccccc2)c2c1CN(Cc1ccc(F)cc1)CC2)CC1CC1. The fourth-order valence-corrected chi connectivity index (χ4v) is 4.89. The highest BCUT2D eigenvalue weighted by atomic mass is 19.1. The molecule has 1 aliphatic carbocycles. The minimum absolute atomic E-state index is 0.194. The zero-order valence-electron chi connectivity index (χ0n) is 19.3. The van der Waals surface area contributed by atoms with Crippen molar-refractivity contribution in [3.05, 3.63) is 82.9 Å². The van der Waals surface area contributed by atoms with Crippen LogP contribution in [0.25, 0.3) is 5.69 Å². The Morgan fingerprint density at radius 2 is 1.88 bits per heavy atom. The molecule has 33 heavy (non-hydrogen) atoms. The van der Waals surface area contributed by atoms with Crippen molar-refractivity contribution in [1.82, 2.24) is 19.6 Å². The molecule has 174 valence electrons. The Morgan fingerprint density at radius 3 is 2.58 bits per heavy atom. The molecule has 0 radical (unpaired) electrons. The zero-order chi connectivity index (χ0) is 22.8. The summed E-state index contributed by atoms with van der Waals surface area (Å²) in [6.07, 6.45) is 3.15. The lowest BCUT2D eigenvalue weighted by Crippen LogP contribution is -2.34. The highest BCUT2D eigenvalue weighted by molar-refractivity contribution is 5.39. The van der Waals surface area contributed by atoms with Gasteiger partial charge in [-0.25, -0.2) is 9.07 Å². The van der Waals surface area contributed by atoms with Gasteiger partial charge in [0.15, 0.2) is 0 Å². The first kappa shape index (κ1) is 22.3. The lowest BCUT2D eigenvalue weighted by molar-refractivity contribution is 0.118. The average Bonchev–Trinajstić information content (AvgIpc) is 3.55. The largest absolute Gasteiger partial charge is 0.392 e. The predicted octanol–water partition coefficient (Wildman–Crippen LogP) is 4.16. The molecule has 1 saturated carbocycles. The Bertz CT molecular complexity index is 1060. The third kappa shape index (κ3) is 5.52. The van der Waals surface area contributed by atoms with Crippen molar-refractivity contribution in [2.45, 2.75) is 51.9 Å². The number of aliphatic hydroxyl groups is 1. The first-order valence-corrected chi connectivity index (χ1v) is 12.1. The van der Waals surface area contributed by atoms with Crippen molar-refractivity contribution in [3.63, 3.8) is 0 Å². The molecule has 5 nitrogen and oxygen atoms in total. The van der Waals surface area contributed by atoms with Crippen LogP contribution >= 0.6 is 0 Å². The number of para-hydroxylation sites is 1. The second-order valence-corrected chi connectivity index (χ2v) is 9.69. The van der Waals surface area contributed by atoms with Gasteiger partial charge in [0.1, 0.15) is 5.82 Å². The molecule has 0 bridgehead atoms. The lowest BCUT2D eigenvalue weighted by atomic mass is 10.0. The van der Waals surface area contributed by atoms with Crippen LogP contribution in [-0.4, -0.2) is 50.4 Å². The van der Waals surface area contributed by atoms with Crippen molar-refractivity contribution in [1.29, 1.82) is 0 Å². The highest BCUT2D eigenvalue weighted by Crippen LogP contribution is 2.32. The molecule has 1 N–H and O–H groups in total. The maximum Gasteiger partial charge on any atom is 0.123 e. The monoisotopic (exact) mass is 448 g/mol. The summed E-state index contributed by atoms with van der Waals surface area (Å²) in [4.78, 5) is 4.80. The van der Waals surface area contributed by atoms with Crippen LogP contribution in [0.1, 0.15) is 42.3 Å². The lowest BCUT2D eigenvalue weighted by Gasteiger charge is -2.29. The Balaban J connectivity index is 1.42. The normalized spacial score (nSPS) is 17.3. The molecule has 0 spiro atoms. The second-order valence-electron chi connectivity index (χ2n) is 9.69. The van der Waals surface area contributed by atoms with Crippen molar-refractivity contribution in [3.8, 4) is 5.69 Å². The summed E-state index contributed by atoms with van der Waals surface area (Å²) >= 11 is 0. The molecule has 1 aromatic heterocycles. The second kappa shape index (κ2) is 9.75. The van der Waals surface area contributed by atoms with E-state index in [4.69, 9.17) is 5.10 Å². The van der Waals surface area contributed by atoms with Crippen LogP contribution < -0.4 is 0 Å². The van der Waals surface area contributed by atoms with Gasteiger partial charge in [-0.1, -0.05) is 30.3 Å². The standard InChI is InChI=1S/C27H33FN4O/c1-20(33)15-31(17-21-7-8-21)19-26-25-18-30(16-22-9-11-23(28)12-10-22)14-13-27(25)32(29-26)24-5-3-2-4-6-24/h2-6,9-12,20-21,33H,7-8,13-19H2,1H3. The Hall–Kier alpha value is -2.54. The van der Waals surface area contributed by atoms with E-state index in [1.165, 1.54) is 36.2 Å². The maximum atomic E-state index is 13.3. The summed E-state index contributed by atoms with van der Waals surface area (Å²) in [7, 11) is 0. The molecule has 2 heterocycles. The van der Waals surface area contributed by atoms with Crippen LogP contribution in [-0.2, 0) is 26.1 Å². The van der Waals surface area contributed by atoms with Crippen molar-refractivity contribution >= 4 is 0 Å². The van der Waals surface area contributed by atoms with Gasteiger partial charge in [0.25, 0.3) is 0 Å². The molecule has 0 amide bonds. The molecule has 0 saturated heterocycles. The molecular formula is C27H33FN4O. The maximum absolute atomic E-state index is 13.3. The Labute approximate surface area is 195 Å². The van der Waals surface area contributed by atoms with Gasteiger partial charge in [0.2, 0.25) is 0 Å². The number of aromatic nitrogens is 2. The number of hydrogen-bond donors (Lipinski definition) is 1. The van der Waals surface area contributed by atoms with Crippen LogP contribution in [0.2, 0.25) is 0 Å². The van der Waals surface area contributed by atoms with Gasteiger partial charge >= 0.3 is 0 Å². The molecule has 3 aromatic rings. The number of benzene rings is 2. The number of hydrogen-bond acceptors (Lipinski definition) is 4. The predicted molar refractivity (Wildman–Crippen MR) is 127 cm³/mol. The number of fused-ring (bicyclic) bond motifs is 1. The first-order valence-electron chi connectivity index (χ1n) is 12.1. The van der Waals surface area contributed by atoms with Crippen LogP contribution in [0.15, 0.2) is 54.6 Å². The minimum Gasteiger partial charge on any atom is -0.392 e. The van der Waals surface area contributed by atoms with E-state index in [9.17, 15) is 9.50 Å². The summed E-state index contributed by atoms with van der Waals surface area (Å²) in [5.41, 5.74) is 5.92. The number of halogens is 1. The summed E-state index contributed by atoms with van der Waals surface area (Å²) in [5, 5.41) is 15.2. The molecule has 6 heteroatoms. The van der Waals surface area contributed by atoms with Crippen LogP contribution in [0, 0.1) is 11.7 Å². The molecule has 1 fully saturated rings. The number of nitrogens with zero attached hydrogens (tertiary/aromatic N) is 4. The molecule has 1 unspecified atom stereocenters. The average molecular weight is 449 g/mol. The van der Waals surface area contributed by atoms with Crippen LogP contribution in [0.4, 0.5) is 4.39 Å². The van der Waals surface area contributed by atoms with E-state index in [-0.39, 0.29) is 11.9 Å². The fourth-order valence-electron chi connectivity index (χ4n) is 4.89. The van der Waals surface area contributed by atoms with Crippen LogP contribution in [0.3, 0.4) is 0 Å². The Kier molecular flexibility index (Phi) is 6.58. The van der Waals surface area contributed by atoms with Gasteiger partial charge in [0, 0.05) is 51.3 Å². The van der Waals surface area contributed by atoms with Gasteiger partial charge in [-0.2, -0.15) is 5.10 Å². The van der Waals surface area contributed by atoms with Crippen molar-refractivity contribution < 1.29 is 9.50 Å². The molecule has 2 aliphatic rings. The van der Waals surface area contributed by atoms with E-state index in [1.807, 2.05) is 25.1 Å². The Morgan fingerprint density at radius 1 is 1.12 bits per heavy atom. The smallest absolute Gasteiger partial charge is 0.123 e. The highest BCUT2D eigenvalue weighted by Gasteiger charge is 2.29. The van der Waals surface area contributed by atoms with E-state index in [0.29, 0.717) is 6.54 Å². The first-order chi connectivity index (χ1) is 16.0. The zero-order valence-corrected chi connectivity index (χ0v) is 19.3.